The number of aryl methyl sites for hydroxylation is 1. The predicted octanol–water partition coefficient (Wildman–Crippen LogP) is 2.51. The highest BCUT2D eigenvalue weighted by molar-refractivity contribution is 7.15. The lowest BCUT2D eigenvalue weighted by molar-refractivity contribution is -0.115. The van der Waals surface area contributed by atoms with Crippen LogP contribution in [-0.4, -0.2) is 28.7 Å². The van der Waals surface area contributed by atoms with Crippen molar-refractivity contribution in [2.45, 2.75) is 13.3 Å². The van der Waals surface area contributed by atoms with Gasteiger partial charge in [-0.3, -0.25) is 10.1 Å². The number of nitrogens with zero attached hydrogens (tertiary/aromatic N) is 2. The number of rotatable bonds is 5. The van der Waals surface area contributed by atoms with Crippen molar-refractivity contribution in [3.63, 3.8) is 0 Å². The standard InChI is InChI=1S/C13H14ClN5O2S/c1-2-11-18-19-13(22-11)17-12(21)15-7-10(20)16-9-5-3-8(14)4-6-9/h3-6H,2,7H2,1H3,(H,16,20)(H2,15,17,19,21). The first-order valence-electron chi connectivity index (χ1n) is 6.49. The van der Waals surface area contributed by atoms with Crippen molar-refractivity contribution in [1.82, 2.24) is 15.5 Å². The summed E-state index contributed by atoms with van der Waals surface area (Å²) in [7, 11) is 0. The van der Waals surface area contributed by atoms with Gasteiger partial charge in [-0.15, -0.1) is 10.2 Å². The number of carbonyl (C=O) groups excluding carboxylic acids is 2. The van der Waals surface area contributed by atoms with E-state index < -0.39 is 6.03 Å². The van der Waals surface area contributed by atoms with Crippen LogP contribution >= 0.6 is 22.9 Å². The maximum absolute atomic E-state index is 11.7. The van der Waals surface area contributed by atoms with Gasteiger partial charge in [0.05, 0.1) is 6.54 Å². The molecule has 7 nitrogen and oxygen atoms in total. The largest absolute Gasteiger partial charge is 0.329 e. The topological polar surface area (TPSA) is 96.0 Å². The van der Waals surface area contributed by atoms with Crippen molar-refractivity contribution >= 4 is 45.7 Å². The lowest BCUT2D eigenvalue weighted by atomic mass is 10.3. The zero-order valence-corrected chi connectivity index (χ0v) is 13.3. The fraction of sp³-hybridized carbons (Fsp3) is 0.231. The molecule has 9 heteroatoms. The molecule has 0 atom stereocenters. The molecule has 0 aliphatic heterocycles. The molecule has 2 aromatic rings. The van der Waals surface area contributed by atoms with Crippen LogP contribution in [0, 0.1) is 0 Å². The van der Waals surface area contributed by atoms with Crippen LogP contribution in [0.5, 0.6) is 0 Å². The smallest absolute Gasteiger partial charge is 0.321 e. The van der Waals surface area contributed by atoms with E-state index in [2.05, 4.69) is 26.1 Å². The first-order valence-corrected chi connectivity index (χ1v) is 7.69. The molecule has 0 saturated carbocycles. The molecule has 0 unspecified atom stereocenters. The first-order chi connectivity index (χ1) is 10.6. The zero-order valence-electron chi connectivity index (χ0n) is 11.7. The fourth-order valence-electron chi connectivity index (χ4n) is 1.49. The molecule has 2 rings (SSSR count). The Morgan fingerprint density at radius 3 is 2.55 bits per heavy atom. The van der Waals surface area contributed by atoms with Gasteiger partial charge in [-0.2, -0.15) is 0 Å². The Labute approximate surface area is 136 Å². The quantitative estimate of drug-likeness (QED) is 0.779. The van der Waals surface area contributed by atoms with Gasteiger partial charge in [-0.1, -0.05) is 29.9 Å². The van der Waals surface area contributed by atoms with Crippen LogP contribution in [0.2, 0.25) is 5.02 Å². The Kier molecular flexibility index (Phi) is 5.68. The normalized spacial score (nSPS) is 10.1. The summed E-state index contributed by atoms with van der Waals surface area (Å²) >= 11 is 7.04. The lowest BCUT2D eigenvalue weighted by Crippen LogP contribution is -2.35. The minimum absolute atomic E-state index is 0.159. The molecule has 0 fully saturated rings. The second kappa shape index (κ2) is 7.71. The molecular formula is C13H14ClN5O2S. The summed E-state index contributed by atoms with van der Waals surface area (Å²) < 4.78 is 0. The van der Waals surface area contributed by atoms with E-state index in [9.17, 15) is 9.59 Å². The molecule has 1 aromatic carbocycles. The fourth-order valence-corrected chi connectivity index (χ4v) is 2.29. The summed E-state index contributed by atoms with van der Waals surface area (Å²) in [4.78, 5) is 23.3. The van der Waals surface area contributed by atoms with Crippen LogP contribution < -0.4 is 16.0 Å². The second-order valence-corrected chi connectivity index (χ2v) is 5.72. The Bertz CT molecular complexity index is 659. The number of hydrogen-bond acceptors (Lipinski definition) is 5. The Morgan fingerprint density at radius 1 is 1.18 bits per heavy atom. The van der Waals surface area contributed by atoms with Crippen LogP contribution in [0.25, 0.3) is 0 Å². The SMILES string of the molecule is CCc1nnc(NC(=O)NCC(=O)Nc2ccc(Cl)cc2)s1. The Morgan fingerprint density at radius 2 is 1.91 bits per heavy atom. The zero-order chi connectivity index (χ0) is 15.9. The average Bonchev–Trinajstić information content (AvgIpc) is 2.95. The minimum atomic E-state index is -0.509. The third-order valence-electron chi connectivity index (χ3n) is 2.53. The molecule has 0 saturated heterocycles. The van der Waals surface area contributed by atoms with E-state index >= 15 is 0 Å². The van der Waals surface area contributed by atoms with E-state index in [-0.39, 0.29) is 12.5 Å². The van der Waals surface area contributed by atoms with E-state index in [1.165, 1.54) is 11.3 Å². The van der Waals surface area contributed by atoms with E-state index in [1.54, 1.807) is 24.3 Å². The number of urea groups is 1. The van der Waals surface area contributed by atoms with Crippen LogP contribution in [0.3, 0.4) is 0 Å². The molecule has 3 amide bonds. The number of carbonyl (C=O) groups is 2. The van der Waals surface area contributed by atoms with Crippen molar-refractivity contribution in [2.24, 2.45) is 0 Å². The summed E-state index contributed by atoms with van der Waals surface area (Å²) in [5, 5.41) is 17.1. The summed E-state index contributed by atoms with van der Waals surface area (Å²) in [6, 6.07) is 6.17. The van der Waals surface area contributed by atoms with Crippen molar-refractivity contribution in [3.8, 4) is 0 Å². The van der Waals surface area contributed by atoms with Crippen molar-refractivity contribution in [2.75, 3.05) is 17.2 Å². The number of benzene rings is 1. The number of hydrogen-bond donors (Lipinski definition) is 3. The highest BCUT2D eigenvalue weighted by atomic mass is 35.5. The monoisotopic (exact) mass is 339 g/mol. The number of anilines is 2. The Hall–Kier alpha value is -2.19. The van der Waals surface area contributed by atoms with Gasteiger partial charge >= 0.3 is 6.03 Å². The van der Waals surface area contributed by atoms with Gasteiger partial charge in [0.2, 0.25) is 11.0 Å². The third-order valence-corrected chi connectivity index (χ3v) is 3.76. The van der Waals surface area contributed by atoms with Gasteiger partial charge in [0.15, 0.2) is 0 Å². The lowest BCUT2D eigenvalue weighted by Gasteiger charge is -2.07. The second-order valence-electron chi connectivity index (χ2n) is 4.22. The molecule has 1 heterocycles. The first kappa shape index (κ1) is 16.2. The summed E-state index contributed by atoms with van der Waals surface area (Å²) in [5.74, 6) is -0.344. The van der Waals surface area contributed by atoms with Crippen LogP contribution in [0.1, 0.15) is 11.9 Å². The van der Waals surface area contributed by atoms with Crippen LogP contribution in [-0.2, 0) is 11.2 Å². The van der Waals surface area contributed by atoms with Gasteiger partial charge in [0.25, 0.3) is 0 Å². The summed E-state index contributed by atoms with van der Waals surface area (Å²) in [6.07, 6.45) is 0.754. The number of amides is 3. The molecule has 1 aromatic heterocycles. The number of nitrogens with one attached hydrogen (secondary N) is 3. The minimum Gasteiger partial charge on any atom is -0.329 e. The molecule has 0 radical (unpaired) electrons. The van der Waals surface area contributed by atoms with Gasteiger partial charge < -0.3 is 10.6 Å². The molecule has 0 bridgehead atoms. The van der Waals surface area contributed by atoms with Crippen molar-refractivity contribution < 1.29 is 9.59 Å². The summed E-state index contributed by atoms with van der Waals surface area (Å²) in [5.41, 5.74) is 0.605. The van der Waals surface area contributed by atoms with Crippen molar-refractivity contribution in [1.29, 1.82) is 0 Å². The van der Waals surface area contributed by atoms with Crippen molar-refractivity contribution in [3.05, 3.63) is 34.3 Å². The predicted molar refractivity (Wildman–Crippen MR) is 86.4 cm³/mol. The molecule has 116 valence electrons. The maximum Gasteiger partial charge on any atom is 0.321 e. The Balaban J connectivity index is 1.75. The van der Waals surface area contributed by atoms with Crippen LogP contribution in [0.15, 0.2) is 24.3 Å². The van der Waals surface area contributed by atoms with E-state index in [1.807, 2.05) is 6.92 Å². The third kappa shape index (κ3) is 4.97. The highest BCUT2D eigenvalue weighted by Gasteiger charge is 2.09. The molecular weight excluding hydrogens is 326 g/mol. The summed E-state index contributed by atoms with van der Waals surface area (Å²) in [6.45, 7) is 1.79. The number of halogens is 1. The van der Waals surface area contributed by atoms with E-state index in [0.717, 1.165) is 11.4 Å². The number of aromatic nitrogens is 2. The van der Waals surface area contributed by atoms with Crippen LogP contribution in [0.4, 0.5) is 15.6 Å². The van der Waals surface area contributed by atoms with E-state index in [4.69, 9.17) is 11.6 Å². The highest BCUT2D eigenvalue weighted by Crippen LogP contribution is 2.15. The molecule has 0 spiro atoms. The van der Waals surface area contributed by atoms with Gasteiger partial charge in [-0.25, -0.2) is 4.79 Å². The van der Waals surface area contributed by atoms with Gasteiger partial charge in [-0.05, 0) is 30.7 Å². The average molecular weight is 340 g/mol. The van der Waals surface area contributed by atoms with Gasteiger partial charge in [0, 0.05) is 10.7 Å². The maximum atomic E-state index is 11.7. The van der Waals surface area contributed by atoms with E-state index in [0.29, 0.717) is 15.8 Å². The molecule has 22 heavy (non-hydrogen) atoms. The molecule has 0 aliphatic carbocycles. The molecule has 0 aliphatic rings. The van der Waals surface area contributed by atoms with Gasteiger partial charge in [0.1, 0.15) is 5.01 Å². The molecule has 3 N–H and O–H groups in total.